The van der Waals surface area contributed by atoms with Crippen LogP contribution in [0.4, 0.5) is 15.8 Å². The molecule has 1 aromatic carbocycles. The Kier molecular flexibility index (Phi) is 6.38. The number of hydrogen-bond donors (Lipinski definition) is 2. The maximum atomic E-state index is 13.8. The number of amides is 2. The van der Waals surface area contributed by atoms with E-state index in [-0.39, 0.29) is 24.0 Å². The fourth-order valence-electron chi connectivity index (χ4n) is 2.72. The van der Waals surface area contributed by atoms with Crippen LogP contribution in [0.1, 0.15) is 39.0 Å². The largest absolute Gasteiger partial charge is 0.374 e. The van der Waals surface area contributed by atoms with Gasteiger partial charge in [0.15, 0.2) is 0 Å². The van der Waals surface area contributed by atoms with Crippen molar-refractivity contribution in [3.8, 4) is 0 Å². The summed E-state index contributed by atoms with van der Waals surface area (Å²) in [4.78, 5) is 25.2. The molecule has 1 aliphatic heterocycles. The van der Waals surface area contributed by atoms with Crippen LogP contribution in [0.25, 0.3) is 0 Å². The van der Waals surface area contributed by atoms with Crippen molar-refractivity contribution in [1.82, 2.24) is 4.90 Å². The molecule has 1 aliphatic rings. The molecule has 2 amide bonds. The molecule has 0 radical (unpaired) electrons. The molecular formula is C17H24FN3O2. The second kappa shape index (κ2) is 8.50. The Morgan fingerprint density at radius 2 is 1.78 bits per heavy atom. The van der Waals surface area contributed by atoms with Crippen LogP contribution in [0.3, 0.4) is 0 Å². The van der Waals surface area contributed by atoms with Gasteiger partial charge in [0.25, 0.3) is 0 Å². The molecule has 1 aromatic rings. The molecular weight excluding hydrogens is 297 g/mol. The standard InChI is InChI=1S/C17H24FN3O2/c1-13(22)20-14-7-8-15(18)16(11-14)19-12-17(23)21-9-5-3-2-4-6-10-21/h7-8,11,19H,2-6,9-10,12H2,1H3,(H,20,22). The van der Waals surface area contributed by atoms with Gasteiger partial charge in [-0.05, 0) is 31.0 Å². The van der Waals surface area contributed by atoms with Gasteiger partial charge in [-0.2, -0.15) is 0 Å². The van der Waals surface area contributed by atoms with Crippen molar-refractivity contribution in [1.29, 1.82) is 0 Å². The van der Waals surface area contributed by atoms with Crippen molar-refractivity contribution in [2.45, 2.75) is 39.0 Å². The van der Waals surface area contributed by atoms with Crippen molar-refractivity contribution in [2.75, 3.05) is 30.3 Å². The zero-order chi connectivity index (χ0) is 16.7. The van der Waals surface area contributed by atoms with Gasteiger partial charge in [-0.1, -0.05) is 19.3 Å². The number of nitrogens with one attached hydrogen (secondary N) is 2. The van der Waals surface area contributed by atoms with E-state index in [0.717, 1.165) is 38.8 Å². The van der Waals surface area contributed by atoms with Crippen molar-refractivity contribution < 1.29 is 14.0 Å². The Hall–Kier alpha value is -2.11. The van der Waals surface area contributed by atoms with Crippen molar-refractivity contribution >= 4 is 23.2 Å². The lowest BCUT2D eigenvalue weighted by Crippen LogP contribution is -2.37. The smallest absolute Gasteiger partial charge is 0.241 e. The Morgan fingerprint density at radius 3 is 2.43 bits per heavy atom. The molecule has 0 spiro atoms. The molecule has 0 bridgehead atoms. The van der Waals surface area contributed by atoms with Crippen LogP contribution in [-0.2, 0) is 9.59 Å². The number of hydrogen-bond acceptors (Lipinski definition) is 3. The molecule has 0 saturated carbocycles. The topological polar surface area (TPSA) is 61.4 Å². The van der Waals surface area contributed by atoms with Gasteiger partial charge in [-0.3, -0.25) is 9.59 Å². The summed E-state index contributed by atoms with van der Waals surface area (Å²) >= 11 is 0. The first-order chi connectivity index (χ1) is 11.1. The number of halogens is 1. The molecule has 1 heterocycles. The number of likely N-dealkylation sites (tertiary alicyclic amines) is 1. The third-order valence-corrected chi connectivity index (χ3v) is 3.93. The molecule has 1 fully saturated rings. The minimum Gasteiger partial charge on any atom is -0.374 e. The van der Waals surface area contributed by atoms with Crippen LogP contribution in [0.15, 0.2) is 18.2 Å². The van der Waals surface area contributed by atoms with Gasteiger partial charge in [0.05, 0.1) is 12.2 Å². The van der Waals surface area contributed by atoms with Crippen LogP contribution in [-0.4, -0.2) is 36.3 Å². The summed E-state index contributed by atoms with van der Waals surface area (Å²) in [6, 6.07) is 4.26. The van der Waals surface area contributed by atoms with E-state index in [1.165, 1.54) is 31.5 Å². The summed E-state index contributed by atoms with van der Waals surface area (Å²) in [6.45, 7) is 2.99. The van der Waals surface area contributed by atoms with Gasteiger partial charge in [0.2, 0.25) is 11.8 Å². The number of carbonyl (C=O) groups is 2. The minimum absolute atomic E-state index is 0.0174. The number of carbonyl (C=O) groups excluding carboxylic acids is 2. The summed E-state index contributed by atoms with van der Waals surface area (Å²) in [5, 5.41) is 5.44. The van der Waals surface area contributed by atoms with Crippen LogP contribution in [0.2, 0.25) is 0 Å². The van der Waals surface area contributed by atoms with Gasteiger partial charge >= 0.3 is 0 Å². The number of nitrogens with zero attached hydrogens (tertiary/aromatic N) is 1. The zero-order valence-corrected chi connectivity index (χ0v) is 13.5. The Morgan fingerprint density at radius 1 is 1.13 bits per heavy atom. The summed E-state index contributed by atoms with van der Waals surface area (Å²) in [7, 11) is 0. The van der Waals surface area contributed by atoms with E-state index in [0.29, 0.717) is 5.69 Å². The van der Waals surface area contributed by atoms with Gasteiger partial charge < -0.3 is 15.5 Å². The average molecular weight is 321 g/mol. The maximum absolute atomic E-state index is 13.8. The van der Waals surface area contributed by atoms with Crippen LogP contribution < -0.4 is 10.6 Å². The van der Waals surface area contributed by atoms with E-state index < -0.39 is 5.82 Å². The van der Waals surface area contributed by atoms with E-state index in [1.807, 2.05) is 4.90 Å². The molecule has 0 unspecified atom stereocenters. The third-order valence-electron chi connectivity index (χ3n) is 3.93. The average Bonchev–Trinajstić information content (AvgIpc) is 2.46. The molecule has 1 saturated heterocycles. The first-order valence-corrected chi connectivity index (χ1v) is 8.15. The van der Waals surface area contributed by atoms with Crippen LogP contribution in [0.5, 0.6) is 0 Å². The van der Waals surface area contributed by atoms with E-state index in [4.69, 9.17) is 0 Å². The van der Waals surface area contributed by atoms with E-state index in [2.05, 4.69) is 10.6 Å². The zero-order valence-electron chi connectivity index (χ0n) is 13.5. The molecule has 5 nitrogen and oxygen atoms in total. The van der Waals surface area contributed by atoms with Gasteiger partial charge in [0, 0.05) is 25.7 Å². The highest BCUT2D eigenvalue weighted by molar-refractivity contribution is 5.89. The normalized spacial score (nSPS) is 15.5. The van der Waals surface area contributed by atoms with Gasteiger partial charge in [0.1, 0.15) is 5.82 Å². The van der Waals surface area contributed by atoms with E-state index >= 15 is 0 Å². The van der Waals surface area contributed by atoms with Crippen molar-refractivity contribution in [3.63, 3.8) is 0 Å². The maximum Gasteiger partial charge on any atom is 0.241 e. The highest BCUT2D eigenvalue weighted by Crippen LogP contribution is 2.19. The second-order valence-corrected chi connectivity index (χ2v) is 5.88. The highest BCUT2D eigenvalue weighted by atomic mass is 19.1. The number of anilines is 2. The lowest BCUT2D eigenvalue weighted by molar-refractivity contribution is -0.129. The lowest BCUT2D eigenvalue weighted by Gasteiger charge is -2.25. The van der Waals surface area contributed by atoms with Crippen molar-refractivity contribution in [2.24, 2.45) is 0 Å². The predicted octanol–water partition coefficient (Wildman–Crippen LogP) is 2.99. The molecule has 0 atom stereocenters. The fourth-order valence-corrected chi connectivity index (χ4v) is 2.72. The summed E-state index contributed by atoms with van der Waals surface area (Å²) in [5.74, 6) is -0.685. The summed E-state index contributed by atoms with van der Waals surface area (Å²) in [5.41, 5.74) is 0.719. The molecule has 126 valence electrons. The monoisotopic (exact) mass is 321 g/mol. The summed E-state index contributed by atoms with van der Waals surface area (Å²) in [6.07, 6.45) is 5.60. The van der Waals surface area contributed by atoms with Gasteiger partial charge in [-0.25, -0.2) is 4.39 Å². The Bertz CT molecular complexity index is 555. The summed E-state index contributed by atoms with van der Waals surface area (Å²) < 4.78 is 13.8. The first kappa shape index (κ1) is 17.2. The van der Waals surface area contributed by atoms with Crippen LogP contribution in [0, 0.1) is 5.82 Å². The molecule has 2 N–H and O–H groups in total. The molecule has 6 heteroatoms. The fraction of sp³-hybridized carbons (Fsp3) is 0.529. The van der Waals surface area contributed by atoms with Crippen LogP contribution >= 0.6 is 0 Å². The van der Waals surface area contributed by atoms with Gasteiger partial charge in [-0.15, -0.1) is 0 Å². The molecule has 2 rings (SSSR count). The third kappa shape index (κ3) is 5.54. The molecule has 23 heavy (non-hydrogen) atoms. The second-order valence-electron chi connectivity index (χ2n) is 5.88. The number of benzene rings is 1. The molecule has 0 aliphatic carbocycles. The first-order valence-electron chi connectivity index (χ1n) is 8.15. The number of rotatable bonds is 4. The minimum atomic E-state index is -0.445. The Balaban J connectivity index is 1.93. The quantitative estimate of drug-likeness (QED) is 0.896. The van der Waals surface area contributed by atoms with E-state index in [9.17, 15) is 14.0 Å². The van der Waals surface area contributed by atoms with E-state index in [1.54, 1.807) is 0 Å². The highest BCUT2D eigenvalue weighted by Gasteiger charge is 2.15. The van der Waals surface area contributed by atoms with Crippen molar-refractivity contribution in [3.05, 3.63) is 24.0 Å². The molecule has 0 aromatic heterocycles. The predicted molar refractivity (Wildman–Crippen MR) is 88.9 cm³/mol. The lowest BCUT2D eigenvalue weighted by atomic mass is 10.1. The Labute approximate surface area is 136 Å². The SMILES string of the molecule is CC(=O)Nc1ccc(F)c(NCC(=O)N2CCCCCCC2)c1.